The van der Waals surface area contributed by atoms with Gasteiger partial charge in [0, 0.05) is 44.8 Å². The van der Waals surface area contributed by atoms with E-state index in [4.69, 9.17) is 9.47 Å². The zero-order chi connectivity index (χ0) is 39.1. The van der Waals surface area contributed by atoms with Crippen molar-refractivity contribution in [2.24, 2.45) is 22.2 Å². The van der Waals surface area contributed by atoms with Crippen molar-refractivity contribution >= 4 is 11.9 Å². The number of unbranched alkanes of at least 4 members (excludes halogenated alkanes) is 2. The van der Waals surface area contributed by atoms with Crippen LogP contribution in [0.2, 0.25) is 0 Å². The van der Waals surface area contributed by atoms with Crippen LogP contribution in [0.15, 0.2) is 94.0 Å². The maximum absolute atomic E-state index is 12.8. The first-order valence-electron chi connectivity index (χ1n) is 18.9. The van der Waals surface area contributed by atoms with E-state index in [0.29, 0.717) is 25.8 Å². The highest BCUT2D eigenvalue weighted by molar-refractivity contribution is 5.82. The molecule has 1 aliphatic rings. The van der Waals surface area contributed by atoms with Crippen molar-refractivity contribution in [1.29, 1.82) is 0 Å². The molecule has 1 aliphatic heterocycles. The molecule has 0 radical (unpaired) electrons. The fourth-order valence-electron chi connectivity index (χ4n) is 5.68. The van der Waals surface area contributed by atoms with Gasteiger partial charge in [0.2, 0.25) is 0 Å². The van der Waals surface area contributed by atoms with Crippen LogP contribution in [0.4, 0.5) is 0 Å². The number of allylic oxidation sites excluding steroid dienone is 10. The fraction of sp³-hybridized carbons (Fsp3) is 0.619. The lowest BCUT2D eigenvalue weighted by Gasteiger charge is -2.27. The number of cyclic esters (lactones) is 1. The number of esters is 2. The highest BCUT2D eigenvalue weighted by Crippen LogP contribution is 2.23. The van der Waals surface area contributed by atoms with E-state index < -0.39 is 24.3 Å². The fourth-order valence-corrected chi connectivity index (χ4v) is 5.68. The summed E-state index contributed by atoms with van der Waals surface area (Å²) in [5, 5.41) is 39.8. The molecule has 0 spiro atoms. The Labute approximate surface area is 313 Å². The lowest BCUT2D eigenvalue weighted by molar-refractivity contribution is -0.152. The topological polar surface area (TPSA) is 141 Å². The van der Waals surface area contributed by atoms with Gasteiger partial charge < -0.3 is 24.8 Å². The molecule has 0 amide bonds. The molecule has 0 fully saturated rings. The Bertz CT molecular complexity index is 1310. The number of rotatable bonds is 19. The van der Waals surface area contributed by atoms with Gasteiger partial charge in [-0.15, -0.1) is 5.11 Å². The Morgan fingerprint density at radius 3 is 2.48 bits per heavy atom. The van der Waals surface area contributed by atoms with Crippen LogP contribution in [-0.4, -0.2) is 76.4 Å². The molecule has 10 nitrogen and oxygen atoms in total. The summed E-state index contributed by atoms with van der Waals surface area (Å²) in [6, 6.07) is 0. The minimum absolute atomic E-state index is 0.0366. The predicted octanol–water partition coefficient (Wildman–Crippen LogP) is 8.44. The summed E-state index contributed by atoms with van der Waals surface area (Å²) in [6.07, 6.45) is 19.9. The van der Waals surface area contributed by atoms with Crippen molar-refractivity contribution in [3.8, 4) is 0 Å². The Balaban J connectivity index is 2.74. The number of aliphatic hydroxyl groups excluding tert-OH is 3. The molecule has 10 heteroatoms. The minimum atomic E-state index is -1.06. The minimum Gasteiger partial charge on any atom is -0.462 e. The van der Waals surface area contributed by atoms with Gasteiger partial charge in [0.25, 0.3) is 0 Å². The van der Waals surface area contributed by atoms with Crippen LogP contribution in [0.1, 0.15) is 113 Å². The molecule has 0 saturated carbocycles. The third-order valence-electron chi connectivity index (χ3n) is 8.76. The Kier molecular flexibility index (Phi) is 23.4. The van der Waals surface area contributed by atoms with Crippen molar-refractivity contribution in [3.63, 3.8) is 0 Å². The second kappa shape index (κ2) is 26.2. The molecule has 52 heavy (non-hydrogen) atoms. The summed E-state index contributed by atoms with van der Waals surface area (Å²) in [5.41, 5.74) is 3.36. The number of ether oxygens (including phenoxy) is 2. The van der Waals surface area contributed by atoms with Gasteiger partial charge in [0.15, 0.2) is 0 Å². The first-order valence-corrected chi connectivity index (χ1v) is 18.9. The van der Waals surface area contributed by atoms with Crippen molar-refractivity contribution in [3.05, 3.63) is 83.7 Å². The van der Waals surface area contributed by atoms with Crippen LogP contribution in [-0.2, 0) is 19.1 Å². The molecular weight excluding hydrogens is 658 g/mol. The molecule has 3 N–H and O–H groups in total. The maximum atomic E-state index is 12.8. The quantitative estimate of drug-likeness (QED) is 0.0229. The summed E-state index contributed by atoms with van der Waals surface area (Å²) in [6.45, 7) is 18.1. The highest BCUT2D eigenvalue weighted by atomic mass is 16.5. The Morgan fingerprint density at radius 2 is 1.79 bits per heavy atom. The number of carbonyl (C=O) groups is 2. The lowest BCUT2D eigenvalue weighted by atomic mass is 9.94. The summed E-state index contributed by atoms with van der Waals surface area (Å²) in [7, 11) is 1.87. The summed E-state index contributed by atoms with van der Waals surface area (Å²) >= 11 is 0. The number of hydrogen-bond acceptors (Lipinski definition) is 9. The van der Waals surface area contributed by atoms with E-state index in [-0.39, 0.29) is 42.9 Å². The average Bonchev–Trinajstić information content (AvgIpc) is 3.06. The molecule has 7 atom stereocenters. The van der Waals surface area contributed by atoms with Crippen molar-refractivity contribution in [2.45, 2.75) is 143 Å². The molecule has 0 aromatic heterocycles. The second-order valence-electron chi connectivity index (χ2n) is 14.4. The van der Waals surface area contributed by atoms with Crippen LogP contribution >= 0.6 is 0 Å². The van der Waals surface area contributed by atoms with Gasteiger partial charge >= 0.3 is 11.9 Å². The van der Waals surface area contributed by atoms with Crippen LogP contribution < -0.4 is 0 Å². The summed E-state index contributed by atoms with van der Waals surface area (Å²) < 4.78 is 11.8. The van der Waals surface area contributed by atoms with E-state index in [2.05, 4.69) is 43.8 Å². The number of carbonyl (C=O) groups excluding carboxylic acids is 2. The van der Waals surface area contributed by atoms with Gasteiger partial charge in [-0.1, -0.05) is 111 Å². The molecule has 292 valence electrons. The van der Waals surface area contributed by atoms with Gasteiger partial charge in [0.05, 0.1) is 24.0 Å². The van der Waals surface area contributed by atoms with Crippen LogP contribution in [0, 0.1) is 11.8 Å². The van der Waals surface area contributed by atoms with Crippen molar-refractivity contribution in [2.75, 3.05) is 13.6 Å². The van der Waals surface area contributed by atoms with Crippen LogP contribution in [0.25, 0.3) is 0 Å². The Morgan fingerprint density at radius 1 is 1.08 bits per heavy atom. The van der Waals surface area contributed by atoms with E-state index in [1.54, 1.807) is 24.1 Å². The zero-order valence-electron chi connectivity index (χ0n) is 33.0. The van der Waals surface area contributed by atoms with E-state index in [9.17, 15) is 24.9 Å². The van der Waals surface area contributed by atoms with Gasteiger partial charge in [0.1, 0.15) is 12.2 Å². The number of nitrogens with zero attached hydrogens (tertiary/aromatic N) is 3. The normalized spacial score (nSPS) is 23.1. The van der Waals surface area contributed by atoms with E-state index in [0.717, 1.165) is 54.5 Å². The van der Waals surface area contributed by atoms with Crippen molar-refractivity contribution < 1.29 is 34.4 Å². The monoisotopic (exact) mass is 725 g/mol. The maximum Gasteiger partial charge on any atom is 0.331 e. The predicted molar refractivity (Wildman–Crippen MR) is 209 cm³/mol. The zero-order valence-corrected chi connectivity index (χ0v) is 33.0. The van der Waals surface area contributed by atoms with Crippen molar-refractivity contribution in [1.82, 2.24) is 5.01 Å². The van der Waals surface area contributed by atoms with Gasteiger partial charge in [-0.3, -0.25) is 9.80 Å². The van der Waals surface area contributed by atoms with Crippen LogP contribution in [0.5, 0.6) is 0 Å². The molecule has 0 bridgehead atoms. The van der Waals surface area contributed by atoms with Gasteiger partial charge in [-0.05, 0) is 65.7 Å². The van der Waals surface area contributed by atoms with E-state index in [1.165, 1.54) is 6.08 Å². The summed E-state index contributed by atoms with van der Waals surface area (Å²) in [4.78, 5) is 25.7. The SMILES string of the molecule is C=C(CCCCC)/N=N\N(C)C[C@H](C)[C@H]1C/C=C/C[C@H](C)[C@@H](OC(=O)/C=C/C(C)=C/C(C)=C/C=C/C(C)=C/[C@H](O)[C@@H](O)C[C@H](C)O)CCCC(=O)O1. The molecule has 0 saturated heterocycles. The molecular formula is C42H67N3O7. The average molecular weight is 726 g/mol. The third kappa shape index (κ3) is 21.7. The smallest absolute Gasteiger partial charge is 0.331 e. The third-order valence-corrected chi connectivity index (χ3v) is 8.76. The largest absolute Gasteiger partial charge is 0.462 e. The second-order valence-corrected chi connectivity index (χ2v) is 14.4. The first kappa shape index (κ1) is 46.4. The summed E-state index contributed by atoms with van der Waals surface area (Å²) in [5.74, 6) is -0.576. The molecule has 0 unspecified atom stereocenters. The molecule has 1 heterocycles. The number of hydrogen-bond donors (Lipinski definition) is 3. The molecule has 0 aliphatic carbocycles. The first-order chi connectivity index (χ1) is 24.6. The Hall–Kier alpha value is -3.60. The molecule has 0 aromatic rings. The highest BCUT2D eigenvalue weighted by Gasteiger charge is 2.25. The van der Waals surface area contributed by atoms with Crippen LogP contribution in [0.3, 0.4) is 0 Å². The number of aliphatic hydroxyl groups is 3. The van der Waals surface area contributed by atoms with E-state index >= 15 is 0 Å². The molecule has 0 aromatic carbocycles. The standard InChI is InChI=1S/C42H67N3O7/c1-10-11-12-20-35(7)43-44-45(9)29-34(6)40-21-14-13-19-33(5)39(22-16-23-41(49)52-40)51-42(50)25-24-32(4)26-30(2)17-15-18-31(3)27-37(47)38(48)28-36(8)46/h13-15,17-18,24-27,33-34,36-40,46-48H,7,10-12,16,19-23,28-29H2,1-6,8-9H3/b14-13+,18-15+,25-24+,30-17+,31-27+,32-26+,44-43-/t33-,34-,36-,37-,38-,39-,40+/m0/s1. The van der Waals surface area contributed by atoms with Gasteiger partial charge in [-0.25, -0.2) is 4.79 Å². The lowest BCUT2D eigenvalue weighted by Crippen LogP contribution is -2.32. The van der Waals surface area contributed by atoms with Gasteiger partial charge in [-0.2, -0.15) is 0 Å². The van der Waals surface area contributed by atoms with E-state index in [1.807, 2.05) is 58.2 Å². The molecule has 1 rings (SSSR count).